The van der Waals surface area contributed by atoms with Crippen molar-refractivity contribution < 1.29 is 27.7 Å². The molecule has 1 aromatic rings. The Hall–Kier alpha value is -2.69. The average molecular weight is 482 g/mol. The van der Waals surface area contributed by atoms with Crippen LogP contribution in [-0.2, 0) is 19.4 Å². The van der Waals surface area contributed by atoms with E-state index in [4.69, 9.17) is 4.74 Å². The van der Waals surface area contributed by atoms with E-state index in [1.165, 1.54) is 24.0 Å². The molecule has 33 heavy (non-hydrogen) atoms. The van der Waals surface area contributed by atoms with Gasteiger partial charge in [-0.1, -0.05) is 6.92 Å². The number of likely N-dealkylation sites (N-methyl/N-ethyl adjacent to an activating group) is 1. The van der Waals surface area contributed by atoms with Crippen LogP contribution >= 0.6 is 0 Å². The molecule has 182 valence electrons. The summed E-state index contributed by atoms with van der Waals surface area (Å²) in [7, 11) is -3.18. The number of benzene rings is 1. The molecule has 0 N–H and O–H groups in total. The molecule has 2 fully saturated rings. The van der Waals surface area contributed by atoms with Gasteiger partial charge in [-0.2, -0.15) is 0 Å². The van der Waals surface area contributed by atoms with Crippen LogP contribution in [0, 0.1) is 16.0 Å². The first kappa shape index (κ1) is 24.9. The molecule has 10 nitrogen and oxygen atoms in total. The highest BCUT2D eigenvalue weighted by molar-refractivity contribution is 7.91. The second kappa shape index (κ2) is 10.1. The van der Waals surface area contributed by atoms with Crippen LogP contribution in [0.2, 0.25) is 0 Å². The van der Waals surface area contributed by atoms with Gasteiger partial charge in [0.2, 0.25) is 0 Å². The largest absolute Gasteiger partial charge is 0.449 e. The number of esters is 1. The van der Waals surface area contributed by atoms with Crippen LogP contribution in [-0.4, -0.2) is 73.4 Å². The van der Waals surface area contributed by atoms with Crippen molar-refractivity contribution in [1.29, 1.82) is 0 Å². The summed E-state index contributed by atoms with van der Waals surface area (Å²) >= 11 is 0. The Balaban J connectivity index is 1.73. The summed E-state index contributed by atoms with van der Waals surface area (Å²) in [5.41, 5.74) is 0.275. The number of amides is 1. The second-order valence-corrected chi connectivity index (χ2v) is 11.1. The van der Waals surface area contributed by atoms with E-state index in [1.54, 1.807) is 13.0 Å². The van der Waals surface area contributed by atoms with Gasteiger partial charge in [0.15, 0.2) is 15.9 Å². The van der Waals surface area contributed by atoms with E-state index in [-0.39, 0.29) is 29.3 Å². The van der Waals surface area contributed by atoms with Gasteiger partial charge in [-0.05, 0) is 51.2 Å². The van der Waals surface area contributed by atoms with Crippen molar-refractivity contribution in [2.45, 2.75) is 52.2 Å². The molecule has 11 heteroatoms. The second-order valence-electron chi connectivity index (χ2n) is 8.88. The van der Waals surface area contributed by atoms with E-state index in [0.717, 1.165) is 12.8 Å². The van der Waals surface area contributed by atoms with Crippen molar-refractivity contribution in [1.82, 2.24) is 4.90 Å². The lowest BCUT2D eigenvalue weighted by Gasteiger charge is -2.32. The molecule has 2 aliphatic heterocycles. The molecule has 3 atom stereocenters. The molecule has 0 aromatic heterocycles. The summed E-state index contributed by atoms with van der Waals surface area (Å²) in [5, 5.41) is 11.7. The first-order valence-electron chi connectivity index (χ1n) is 11.3. The Morgan fingerprint density at radius 1 is 1.33 bits per heavy atom. The summed E-state index contributed by atoms with van der Waals surface area (Å²) in [6.45, 7) is 6.97. The SMILES string of the molecule is CCN(C(=O)C(C)OC(=O)c1ccc(N2CCCC(C)C2)c([N+](=O)[O-])c1)C1CCS(=O)(=O)C1. The highest BCUT2D eigenvalue weighted by atomic mass is 32.2. The third kappa shape index (κ3) is 5.82. The number of hydrogen-bond acceptors (Lipinski definition) is 8. The van der Waals surface area contributed by atoms with Crippen LogP contribution in [0.4, 0.5) is 11.4 Å². The van der Waals surface area contributed by atoms with Gasteiger partial charge in [-0.25, -0.2) is 13.2 Å². The van der Waals surface area contributed by atoms with Gasteiger partial charge in [-0.15, -0.1) is 0 Å². The van der Waals surface area contributed by atoms with Crippen molar-refractivity contribution >= 4 is 33.1 Å². The number of rotatable bonds is 7. The molecule has 0 bridgehead atoms. The number of carbonyl (C=O) groups is 2. The third-order valence-electron chi connectivity index (χ3n) is 6.31. The van der Waals surface area contributed by atoms with Crippen LogP contribution in [0.3, 0.4) is 0 Å². The number of hydrogen-bond donors (Lipinski definition) is 0. The fourth-order valence-corrected chi connectivity index (χ4v) is 6.33. The van der Waals surface area contributed by atoms with E-state index in [9.17, 15) is 28.1 Å². The van der Waals surface area contributed by atoms with Crippen molar-refractivity contribution in [3.05, 3.63) is 33.9 Å². The topological polar surface area (TPSA) is 127 Å². The Morgan fingerprint density at radius 2 is 2.06 bits per heavy atom. The van der Waals surface area contributed by atoms with Gasteiger partial charge in [0, 0.05) is 31.7 Å². The fraction of sp³-hybridized carbons (Fsp3) is 0.636. The molecule has 3 rings (SSSR count). The molecule has 2 heterocycles. The number of anilines is 1. The van der Waals surface area contributed by atoms with Crippen LogP contribution < -0.4 is 4.90 Å². The van der Waals surface area contributed by atoms with E-state index in [2.05, 4.69) is 6.92 Å². The summed E-state index contributed by atoms with van der Waals surface area (Å²) in [6, 6.07) is 3.78. The molecular weight excluding hydrogens is 450 g/mol. The number of nitro benzene ring substituents is 1. The number of ether oxygens (including phenoxy) is 1. The first-order valence-corrected chi connectivity index (χ1v) is 13.1. The molecule has 2 aliphatic rings. The zero-order chi connectivity index (χ0) is 24.3. The molecule has 0 saturated carbocycles. The summed E-state index contributed by atoms with van der Waals surface area (Å²) < 4.78 is 28.9. The minimum atomic E-state index is -3.18. The van der Waals surface area contributed by atoms with Gasteiger partial charge < -0.3 is 14.5 Å². The van der Waals surface area contributed by atoms with Gasteiger partial charge >= 0.3 is 5.97 Å². The predicted octanol–water partition coefficient (Wildman–Crippen LogP) is 2.41. The van der Waals surface area contributed by atoms with E-state index >= 15 is 0 Å². The van der Waals surface area contributed by atoms with Crippen LogP contribution in [0.5, 0.6) is 0 Å². The number of piperidine rings is 1. The number of nitro groups is 1. The fourth-order valence-electron chi connectivity index (χ4n) is 4.60. The number of sulfone groups is 1. The maximum atomic E-state index is 12.8. The quantitative estimate of drug-likeness (QED) is 0.330. The Morgan fingerprint density at radius 3 is 2.64 bits per heavy atom. The van der Waals surface area contributed by atoms with Crippen molar-refractivity contribution in [3.63, 3.8) is 0 Å². The normalized spacial score (nSPS) is 23.1. The first-order chi connectivity index (χ1) is 15.5. The third-order valence-corrected chi connectivity index (χ3v) is 8.06. The molecule has 3 unspecified atom stereocenters. The van der Waals surface area contributed by atoms with Crippen molar-refractivity contribution in [2.24, 2.45) is 5.92 Å². The molecular formula is C22H31N3O7S. The van der Waals surface area contributed by atoms with Crippen molar-refractivity contribution in [2.75, 3.05) is 36.0 Å². The molecule has 0 aliphatic carbocycles. The number of nitrogens with zero attached hydrogens (tertiary/aromatic N) is 3. The number of carbonyl (C=O) groups excluding carboxylic acids is 2. The summed E-state index contributed by atoms with van der Waals surface area (Å²) in [5.74, 6) is -0.975. The smallest absolute Gasteiger partial charge is 0.339 e. The lowest BCUT2D eigenvalue weighted by molar-refractivity contribution is -0.384. The molecule has 1 aromatic carbocycles. The highest BCUT2D eigenvalue weighted by Gasteiger charge is 2.36. The van der Waals surface area contributed by atoms with E-state index in [0.29, 0.717) is 31.1 Å². The minimum absolute atomic E-state index is 0.0124. The average Bonchev–Trinajstić information content (AvgIpc) is 3.12. The standard InChI is InChI=1S/C22H31N3O7S/c1-4-24(18-9-11-33(30,31)14-18)21(26)16(3)32-22(27)17-7-8-19(20(12-17)25(28)29)23-10-5-6-15(2)13-23/h7-8,12,15-16,18H,4-6,9-11,13-14H2,1-3H3. The molecule has 0 spiro atoms. The molecule has 2 saturated heterocycles. The maximum Gasteiger partial charge on any atom is 0.339 e. The minimum Gasteiger partial charge on any atom is -0.449 e. The van der Waals surface area contributed by atoms with E-state index in [1.807, 2.05) is 4.90 Å². The Labute approximate surface area is 193 Å². The van der Waals surface area contributed by atoms with Gasteiger partial charge in [-0.3, -0.25) is 14.9 Å². The summed E-state index contributed by atoms with van der Waals surface area (Å²) in [4.78, 5) is 40.1. The lowest BCUT2D eigenvalue weighted by atomic mass is 9.99. The van der Waals surface area contributed by atoms with Crippen LogP contribution in [0.1, 0.15) is 50.4 Å². The maximum absolute atomic E-state index is 12.8. The van der Waals surface area contributed by atoms with E-state index < -0.39 is 38.8 Å². The van der Waals surface area contributed by atoms with Crippen LogP contribution in [0.15, 0.2) is 18.2 Å². The van der Waals surface area contributed by atoms with Gasteiger partial charge in [0.25, 0.3) is 11.6 Å². The van der Waals surface area contributed by atoms with Gasteiger partial charge in [0.1, 0.15) is 5.69 Å². The molecule has 0 radical (unpaired) electrons. The molecule has 1 amide bonds. The lowest BCUT2D eigenvalue weighted by Crippen LogP contribution is -2.46. The Bertz CT molecular complexity index is 1030. The van der Waals surface area contributed by atoms with Crippen molar-refractivity contribution in [3.8, 4) is 0 Å². The monoisotopic (exact) mass is 481 g/mol. The predicted molar refractivity (Wildman–Crippen MR) is 123 cm³/mol. The zero-order valence-electron chi connectivity index (χ0n) is 19.2. The zero-order valence-corrected chi connectivity index (χ0v) is 20.0. The highest BCUT2D eigenvalue weighted by Crippen LogP contribution is 2.32. The summed E-state index contributed by atoms with van der Waals surface area (Å²) in [6.07, 6.45) is 1.22. The van der Waals surface area contributed by atoms with Crippen LogP contribution in [0.25, 0.3) is 0 Å². The van der Waals surface area contributed by atoms with Gasteiger partial charge in [0.05, 0.1) is 22.0 Å². The Kier molecular flexibility index (Phi) is 7.61.